The minimum absolute atomic E-state index is 0.0130. The largest absolute Gasteiger partial charge is 0.466 e. The minimum Gasteiger partial charge on any atom is -0.466 e. The third-order valence-electron chi connectivity index (χ3n) is 5.50. The van der Waals surface area contributed by atoms with Crippen LogP contribution in [0.3, 0.4) is 0 Å². The van der Waals surface area contributed by atoms with E-state index < -0.39 is 17.9 Å². The molecule has 0 saturated heterocycles. The highest BCUT2D eigenvalue weighted by molar-refractivity contribution is 6.08. The molecule has 1 aliphatic heterocycles. The molecule has 4 rings (SSSR count). The van der Waals surface area contributed by atoms with Crippen LogP contribution < -0.4 is 10.6 Å². The van der Waals surface area contributed by atoms with E-state index in [4.69, 9.17) is 19.6 Å². The van der Waals surface area contributed by atoms with Gasteiger partial charge in [-0.15, -0.1) is 0 Å². The number of anilines is 1. The lowest BCUT2D eigenvalue weighted by molar-refractivity contribution is -0.139. The number of ether oxygens (including phenoxy) is 2. The van der Waals surface area contributed by atoms with Crippen LogP contribution in [-0.4, -0.2) is 26.2 Å². The number of benzene rings is 2. The number of allylic oxidation sites excluding steroid dienone is 1. The predicted octanol–water partition coefficient (Wildman–Crippen LogP) is 3.64. The molecule has 33 heavy (non-hydrogen) atoms. The number of nitrogens with zero attached hydrogens (tertiary/aromatic N) is 2. The van der Waals surface area contributed by atoms with Crippen molar-refractivity contribution < 1.29 is 23.5 Å². The Labute approximate surface area is 190 Å². The van der Waals surface area contributed by atoms with Crippen molar-refractivity contribution in [2.24, 2.45) is 5.73 Å². The smallest absolute Gasteiger partial charge is 0.355 e. The normalized spacial score (nSPS) is 16.1. The van der Waals surface area contributed by atoms with Crippen molar-refractivity contribution in [2.45, 2.75) is 12.8 Å². The Balaban J connectivity index is 2.12. The molecule has 0 bridgehead atoms. The molecule has 8 nitrogen and oxygen atoms in total. The maximum atomic E-state index is 13.1. The molecular weight excluding hydrogens is 422 g/mol. The first-order valence-electron chi connectivity index (χ1n) is 10.1. The monoisotopic (exact) mass is 443 g/mol. The first-order valence-corrected chi connectivity index (χ1v) is 10.1. The Morgan fingerprint density at radius 1 is 1.06 bits per heavy atom. The van der Waals surface area contributed by atoms with E-state index >= 15 is 0 Å². The van der Waals surface area contributed by atoms with Crippen molar-refractivity contribution >= 4 is 28.6 Å². The average molecular weight is 443 g/mol. The maximum absolute atomic E-state index is 13.1. The molecule has 0 radical (unpaired) electrons. The second-order valence-electron chi connectivity index (χ2n) is 7.39. The second-order valence-corrected chi connectivity index (χ2v) is 7.39. The summed E-state index contributed by atoms with van der Waals surface area (Å²) in [7, 11) is 2.41. The summed E-state index contributed by atoms with van der Waals surface area (Å²) in [6, 6.07) is 18.1. The van der Waals surface area contributed by atoms with Gasteiger partial charge in [-0.1, -0.05) is 42.5 Å². The van der Waals surface area contributed by atoms with Crippen LogP contribution in [0.1, 0.15) is 17.2 Å². The molecule has 2 N–H and O–H groups in total. The van der Waals surface area contributed by atoms with Crippen molar-refractivity contribution in [2.75, 3.05) is 19.1 Å². The highest BCUT2D eigenvalue weighted by Crippen LogP contribution is 2.44. The Kier molecular flexibility index (Phi) is 5.63. The summed E-state index contributed by atoms with van der Waals surface area (Å²) in [4.78, 5) is 27.5. The molecule has 1 atom stereocenters. The Morgan fingerprint density at radius 2 is 1.76 bits per heavy atom. The van der Waals surface area contributed by atoms with Crippen LogP contribution in [0.25, 0.3) is 11.0 Å². The Bertz CT molecular complexity index is 1360. The number of aryl methyl sites for hydroxylation is 1. The molecule has 1 aromatic heterocycles. The molecule has 0 aliphatic carbocycles. The van der Waals surface area contributed by atoms with E-state index in [0.29, 0.717) is 22.6 Å². The lowest BCUT2D eigenvalue weighted by Gasteiger charge is -2.35. The van der Waals surface area contributed by atoms with Crippen LogP contribution in [0.4, 0.5) is 5.69 Å². The van der Waals surface area contributed by atoms with Crippen LogP contribution in [0.2, 0.25) is 0 Å². The first-order chi connectivity index (χ1) is 15.9. The average Bonchev–Trinajstić information content (AvgIpc) is 3.23. The van der Waals surface area contributed by atoms with Crippen LogP contribution in [0.5, 0.6) is 0 Å². The van der Waals surface area contributed by atoms with Crippen molar-refractivity contribution in [3.63, 3.8) is 0 Å². The van der Waals surface area contributed by atoms with E-state index in [9.17, 15) is 14.9 Å². The second kappa shape index (κ2) is 8.55. The van der Waals surface area contributed by atoms with E-state index in [1.54, 1.807) is 49.4 Å². The number of para-hydroxylation sites is 1. The number of rotatable bonds is 4. The zero-order chi connectivity index (χ0) is 23.7. The molecule has 0 fully saturated rings. The summed E-state index contributed by atoms with van der Waals surface area (Å²) < 4.78 is 16.0. The number of fused-ring (bicyclic) bond motifs is 1. The number of esters is 2. The number of carbonyl (C=O) groups excluding carboxylic acids is 2. The number of nitriles is 1. The van der Waals surface area contributed by atoms with E-state index in [0.717, 1.165) is 5.39 Å². The van der Waals surface area contributed by atoms with Gasteiger partial charge in [-0.3, -0.25) is 4.90 Å². The molecule has 8 heteroatoms. The zero-order valence-corrected chi connectivity index (χ0v) is 18.3. The molecule has 1 unspecified atom stereocenters. The predicted molar refractivity (Wildman–Crippen MR) is 120 cm³/mol. The summed E-state index contributed by atoms with van der Waals surface area (Å²) in [6.45, 7) is 1.79. The van der Waals surface area contributed by atoms with Gasteiger partial charge in [0.2, 0.25) is 0 Å². The highest BCUT2D eigenvalue weighted by atomic mass is 16.5. The van der Waals surface area contributed by atoms with Crippen LogP contribution in [-0.2, 0) is 19.1 Å². The summed E-state index contributed by atoms with van der Waals surface area (Å²) >= 11 is 0. The number of carbonyl (C=O) groups is 2. The minimum atomic E-state index is -0.924. The van der Waals surface area contributed by atoms with Crippen molar-refractivity contribution in [1.82, 2.24) is 0 Å². The fourth-order valence-corrected chi connectivity index (χ4v) is 4.12. The van der Waals surface area contributed by atoms with Gasteiger partial charge in [0.25, 0.3) is 0 Å². The molecule has 0 amide bonds. The first kappa shape index (κ1) is 21.7. The maximum Gasteiger partial charge on any atom is 0.355 e. The topological polar surface area (TPSA) is 119 Å². The van der Waals surface area contributed by atoms with E-state index in [2.05, 4.69) is 6.07 Å². The number of hydrogen-bond donors (Lipinski definition) is 1. The van der Waals surface area contributed by atoms with Crippen molar-refractivity contribution in [1.29, 1.82) is 5.26 Å². The van der Waals surface area contributed by atoms with E-state index in [1.807, 2.05) is 12.1 Å². The van der Waals surface area contributed by atoms with Gasteiger partial charge in [-0.25, -0.2) is 9.59 Å². The summed E-state index contributed by atoms with van der Waals surface area (Å²) in [5.41, 5.74) is 7.86. The van der Waals surface area contributed by atoms with Gasteiger partial charge in [0.05, 0.1) is 43.0 Å². The van der Waals surface area contributed by atoms with Crippen molar-refractivity contribution in [3.05, 3.63) is 88.6 Å². The molecule has 3 aromatic rings. The standard InChI is InChI=1S/C25H21N3O5/c1-14-12-16-10-7-11-18(22(16)33-14)28-21(25(30)32-3)20(24(29)31-2)19(17(13-26)23(28)27)15-8-5-4-6-9-15/h4-12,19H,27H2,1-3H3. The number of hydrogen-bond acceptors (Lipinski definition) is 8. The summed E-state index contributed by atoms with van der Waals surface area (Å²) in [5, 5.41) is 10.9. The lowest BCUT2D eigenvalue weighted by Crippen LogP contribution is -2.40. The molecule has 0 spiro atoms. The van der Waals surface area contributed by atoms with Gasteiger partial charge >= 0.3 is 11.9 Å². The molecular formula is C25H21N3O5. The van der Waals surface area contributed by atoms with Gasteiger partial charge in [0, 0.05) is 5.39 Å². The fraction of sp³-hybridized carbons (Fsp3) is 0.160. The molecule has 2 heterocycles. The molecule has 0 saturated carbocycles. The van der Waals surface area contributed by atoms with Gasteiger partial charge in [0.1, 0.15) is 17.3 Å². The summed E-state index contributed by atoms with van der Waals surface area (Å²) in [5.74, 6) is -1.88. The van der Waals surface area contributed by atoms with Gasteiger partial charge in [-0.2, -0.15) is 5.26 Å². The van der Waals surface area contributed by atoms with Crippen LogP contribution in [0.15, 0.2) is 81.7 Å². The van der Waals surface area contributed by atoms with Gasteiger partial charge in [0.15, 0.2) is 5.58 Å². The van der Waals surface area contributed by atoms with Crippen LogP contribution >= 0.6 is 0 Å². The quantitative estimate of drug-likeness (QED) is 0.607. The third-order valence-corrected chi connectivity index (χ3v) is 5.50. The number of methoxy groups -OCH3 is 2. The molecule has 2 aromatic carbocycles. The fourth-order valence-electron chi connectivity index (χ4n) is 4.12. The highest BCUT2D eigenvalue weighted by Gasteiger charge is 2.43. The Morgan fingerprint density at radius 3 is 2.39 bits per heavy atom. The molecule has 1 aliphatic rings. The third kappa shape index (κ3) is 3.49. The lowest BCUT2D eigenvalue weighted by atomic mass is 9.81. The van der Waals surface area contributed by atoms with Gasteiger partial charge in [-0.05, 0) is 24.6 Å². The van der Waals surface area contributed by atoms with Crippen LogP contribution in [0, 0.1) is 18.3 Å². The summed E-state index contributed by atoms with van der Waals surface area (Å²) in [6.07, 6.45) is 0. The van der Waals surface area contributed by atoms with Gasteiger partial charge < -0.3 is 19.6 Å². The Hall–Kier alpha value is -4.51. The van der Waals surface area contributed by atoms with Crippen molar-refractivity contribution in [3.8, 4) is 6.07 Å². The number of nitrogens with two attached hydrogens (primary N) is 1. The molecule has 166 valence electrons. The van der Waals surface area contributed by atoms with E-state index in [-0.39, 0.29) is 22.7 Å². The van der Waals surface area contributed by atoms with E-state index in [1.165, 1.54) is 19.1 Å². The number of furan rings is 1. The SMILES string of the molecule is COC(=O)C1=C(C(=O)OC)N(c2cccc3cc(C)oc23)C(N)=C(C#N)C1c1ccccc1. The zero-order valence-electron chi connectivity index (χ0n) is 18.3.